The van der Waals surface area contributed by atoms with Crippen LogP contribution in [0.15, 0.2) is 36.4 Å². The molecule has 0 spiro atoms. The third-order valence-electron chi connectivity index (χ3n) is 13.2. The molecule has 0 aliphatic carbocycles. The number of hydrogen-bond donors (Lipinski definition) is 2. The van der Waals surface area contributed by atoms with Crippen molar-refractivity contribution in [1.29, 1.82) is 0 Å². The molecule has 5 fully saturated rings. The van der Waals surface area contributed by atoms with Gasteiger partial charge in [0.1, 0.15) is 43.8 Å². The summed E-state index contributed by atoms with van der Waals surface area (Å²) in [5, 5.41) is 16.0. The van der Waals surface area contributed by atoms with E-state index < -0.39 is 31.4 Å². The molecule has 4 atom stereocenters. The van der Waals surface area contributed by atoms with Gasteiger partial charge in [-0.15, -0.1) is 5.54 Å². The minimum Gasteiger partial charge on any atom is -0.508 e. The van der Waals surface area contributed by atoms with E-state index in [-0.39, 0.29) is 52.5 Å². The molecule has 9 rings (SSSR count). The first-order valence-electron chi connectivity index (χ1n) is 19.8. The highest BCUT2D eigenvalue weighted by Crippen LogP contribution is 2.45. The van der Waals surface area contributed by atoms with E-state index in [1.165, 1.54) is 12.1 Å². The monoisotopic (exact) mass is 755 g/mol. The fourth-order valence-corrected chi connectivity index (χ4v) is 15.8. The molecule has 5 saturated heterocycles. The van der Waals surface area contributed by atoms with Crippen LogP contribution in [0.3, 0.4) is 0 Å². The molecule has 5 aliphatic rings. The van der Waals surface area contributed by atoms with E-state index in [1.807, 2.05) is 18.2 Å². The molecule has 5 aliphatic heterocycles. The van der Waals surface area contributed by atoms with E-state index in [4.69, 9.17) is 9.72 Å². The summed E-state index contributed by atoms with van der Waals surface area (Å²) in [6.07, 6.45) is 3.18. The number of phenols is 1. The largest absolute Gasteiger partial charge is 0.508 e. The van der Waals surface area contributed by atoms with Crippen molar-refractivity contribution in [3.05, 3.63) is 53.6 Å². The Balaban J connectivity index is 1.30. The number of anilines is 1. The minimum atomic E-state index is -2.15. The van der Waals surface area contributed by atoms with Gasteiger partial charge in [0.2, 0.25) is 0 Å². The second-order valence-electron chi connectivity index (χ2n) is 17.2. The molecule has 0 unspecified atom stereocenters. The molecule has 2 bridgehead atoms. The maximum atomic E-state index is 17.4. The number of piperidine rings is 2. The van der Waals surface area contributed by atoms with Gasteiger partial charge in [-0.05, 0) is 78.5 Å². The molecule has 7 nitrogen and oxygen atoms in total. The number of phenolic OH excluding ortho intramolecular Hbond substituents is 1. The van der Waals surface area contributed by atoms with Crippen molar-refractivity contribution >= 4 is 35.6 Å². The van der Waals surface area contributed by atoms with Gasteiger partial charge in [0.15, 0.2) is 5.82 Å². The van der Waals surface area contributed by atoms with Crippen LogP contribution in [0.2, 0.25) is 16.6 Å². The third-order valence-corrected chi connectivity index (χ3v) is 19.5. The molecule has 4 aromatic rings. The summed E-state index contributed by atoms with van der Waals surface area (Å²) in [7, 11) is -2.15. The molecular weight excluding hydrogens is 704 g/mol. The number of hydrogen-bond acceptors (Lipinski definition) is 7. The second kappa shape index (κ2) is 14.0. The minimum absolute atomic E-state index is 0.00317. The lowest BCUT2D eigenvalue weighted by atomic mass is 9.91. The molecule has 0 amide bonds. The number of aromatic nitrogens is 2. The number of aromatic hydroxyl groups is 1. The zero-order valence-corrected chi connectivity index (χ0v) is 33.3. The van der Waals surface area contributed by atoms with Crippen molar-refractivity contribution in [2.75, 3.05) is 37.7 Å². The van der Waals surface area contributed by atoms with Crippen molar-refractivity contribution in [3.63, 3.8) is 0 Å². The summed E-state index contributed by atoms with van der Waals surface area (Å²) < 4.78 is 55.2. The van der Waals surface area contributed by atoms with Gasteiger partial charge in [0, 0.05) is 60.0 Å². The Hall–Kier alpha value is -3.85. The summed E-state index contributed by atoms with van der Waals surface area (Å²) in [5.41, 5.74) is 5.06. The van der Waals surface area contributed by atoms with Crippen LogP contribution < -0.4 is 15.0 Å². The van der Waals surface area contributed by atoms with Crippen LogP contribution in [0.5, 0.6) is 11.8 Å². The Morgan fingerprint density at radius 1 is 1.04 bits per heavy atom. The van der Waals surface area contributed by atoms with E-state index in [1.54, 1.807) is 6.07 Å². The van der Waals surface area contributed by atoms with Gasteiger partial charge in [-0.1, -0.05) is 59.6 Å². The van der Waals surface area contributed by atoms with Gasteiger partial charge >= 0.3 is 6.01 Å². The summed E-state index contributed by atoms with van der Waals surface area (Å²) in [6.45, 7) is 16.3. The van der Waals surface area contributed by atoms with E-state index in [9.17, 15) is 9.50 Å². The quantitative estimate of drug-likeness (QED) is 0.138. The van der Waals surface area contributed by atoms with Crippen molar-refractivity contribution in [2.24, 2.45) is 0 Å². The maximum Gasteiger partial charge on any atom is 0.319 e. The van der Waals surface area contributed by atoms with Crippen LogP contribution in [0, 0.1) is 23.1 Å². The van der Waals surface area contributed by atoms with Crippen molar-refractivity contribution in [1.82, 2.24) is 20.2 Å². The Morgan fingerprint density at radius 3 is 2.50 bits per heavy atom. The molecule has 2 N–H and O–H groups in total. The van der Waals surface area contributed by atoms with Gasteiger partial charge in [0.05, 0.1) is 11.1 Å². The number of rotatable bonds is 8. The highest BCUT2D eigenvalue weighted by Gasteiger charge is 2.49. The van der Waals surface area contributed by atoms with Crippen LogP contribution in [-0.2, 0) is 0 Å². The highest BCUT2D eigenvalue weighted by atomic mass is 28.3. The predicted octanol–water partition coefficient (Wildman–Crippen LogP) is 8.90. The van der Waals surface area contributed by atoms with Crippen LogP contribution in [-0.4, -0.2) is 84.6 Å². The zero-order chi connectivity index (χ0) is 38.1. The Kier molecular flexibility index (Phi) is 9.63. The number of benzene rings is 3. The van der Waals surface area contributed by atoms with Gasteiger partial charge < -0.3 is 20.1 Å². The number of halogens is 3. The van der Waals surface area contributed by atoms with Crippen LogP contribution >= 0.6 is 0 Å². The normalized spacial score (nSPS) is 24.3. The first-order valence-corrected chi connectivity index (χ1v) is 22.1. The fourth-order valence-electron chi connectivity index (χ4n) is 10.6. The predicted molar refractivity (Wildman–Crippen MR) is 213 cm³/mol. The number of nitrogens with zero attached hydrogens (tertiary/aromatic N) is 4. The molecule has 54 heavy (non-hydrogen) atoms. The topological polar surface area (TPSA) is 73.8 Å². The first kappa shape index (κ1) is 37.1. The Labute approximate surface area is 317 Å². The molecule has 1 aromatic heterocycles. The third kappa shape index (κ3) is 6.13. The van der Waals surface area contributed by atoms with Crippen molar-refractivity contribution in [3.8, 4) is 34.4 Å². The zero-order valence-electron chi connectivity index (χ0n) is 32.3. The number of piperazine rings is 1. The summed E-state index contributed by atoms with van der Waals surface area (Å²) in [4.78, 5) is 13.8. The fraction of sp³-hybridized carbons (Fsp3) is 0.535. The Morgan fingerprint density at radius 2 is 1.81 bits per heavy atom. The second-order valence-corrected chi connectivity index (χ2v) is 22.8. The standard InChI is InChI=1S/C43H52F3N5O2Si/c1-25(2)54(26(3)4,27(5)6)16-13-28-9-7-10-29-17-33(52)18-34(37(28)29)38-36(45)19-35-40(39(38)46)48-42(49-41(35)51-23-31-11-12-32(51)21-47-31)53-24-43-14-8-15-50(43)22-30(44)20-43/h7,9-10,17-19,25-27,30-32,47,52H,8,11-12,14-15,20-24H2,1-6H3/t30-,31+,32+,43+/m1/s1. The number of fused-ring (bicyclic) bond motifs is 6. The smallest absolute Gasteiger partial charge is 0.319 e. The van der Waals surface area contributed by atoms with E-state index in [0.717, 1.165) is 38.8 Å². The maximum absolute atomic E-state index is 17.4. The highest BCUT2D eigenvalue weighted by molar-refractivity contribution is 6.90. The average Bonchev–Trinajstić information content (AvgIpc) is 3.66. The number of alkyl halides is 1. The van der Waals surface area contributed by atoms with Crippen LogP contribution in [0.25, 0.3) is 32.8 Å². The molecular formula is C43H52F3N5O2Si. The first-order chi connectivity index (χ1) is 25.8. The van der Waals surface area contributed by atoms with Crippen LogP contribution in [0.1, 0.15) is 79.2 Å². The summed E-state index contributed by atoms with van der Waals surface area (Å²) in [6, 6.07) is 10.3. The van der Waals surface area contributed by atoms with Gasteiger partial charge in [-0.25, -0.2) is 13.2 Å². The molecule has 0 radical (unpaired) electrons. The van der Waals surface area contributed by atoms with Gasteiger partial charge in [0.25, 0.3) is 0 Å². The molecule has 286 valence electrons. The molecule has 6 heterocycles. The van der Waals surface area contributed by atoms with E-state index >= 15 is 8.78 Å². The number of nitrogens with one attached hydrogen (secondary N) is 1. The number of ether oxygens (including phenoxy) is 1. The van der Waals surface area contributed by atoms with Gasteiger partial charge in [-0.3, -0.25) is 4.90 Å². The molecule has 3 aromatic carbocycles. The van der Waals surface area contributed by atoms with E-state index in [0.29, 0.717) is 58.3 Å². The SMILES string of the molecule is CC(C)[Si](C#Cc1cccc2cc(O)cc(-c3c(F)cc4c(N5C[C@@H]6CC[C@H]5CN6)nc(OC[C@@]56CCCN5C[C@H](F)C6)nc4c3F)c12)(C(C)C)C(C)C. The lowest BCUT2D eigenvalue weighted by Crippen LogP contribution is -2.61. The summed E-state index contributed by atoms with van der Waals surface area (Å²) in [5.74, 6) is 2.22. The van der Waals surface area contributed by atoms with Gasteiger partial charge in [-0.2, -0.15) is 9.97 Å². The van der Waals surface area contributed by atoms with Crippen molar-refractivity contribution in [2.45, 2.75) is 114 Å². The van der Waals surface area contributed by atoms with E-state index in [2.05, 4.69) is 73.1 Å². The molecule has 11 heteroatoms. The summed E-state index contributed by atoms with van der Waals surface area (Å²) >= 11 is 0. The lowest BCUT2D eigenvalue weighted by Gasteiger charge is -2.46. The Bertz CT molecular complexity index is 2140. The van der Waals surface area contributed by atoms with Crippen LogP contribution in [0.4, 0.5) is 19.0 Å². The lowest BCUT2D eigenvalue weighted by molar-refractivity contribution is 0.107. The molecule has 0 saturated carbocycles. The average molecular weight is 756 g/mol. The van der Waals surface area contributed by atoms with Crippen molar-refractivity contribution < 1.29 is 23.0 Å².